The van der Waals surface area contributed by atoms with Crippen molar-refractivity contribution < 1.29 is 0 Å². The molecule has 2 aromatic rings. The first-order chi connectivity index (χ1) is 7.74. The van der Waals surface area contributed by atoms with Crippen molar-refractivity contribution in [2.75, 3.05) is 7.05 Å². The smallest absolute Gasteiger partial charge is 0.271 e. The minimum atomic E-state index is -0.0185. The van der Waals surface area contributed by atoms with Gasteiger partial charge in [0.2, 0.25) is 0 Å². The lowest BCUT2D eigenvalue weighted by molar-refractivity contribution is 0.733. The van der Waals surface area contributed by atoms with Gasteiger partial charge < -0.3 is 5.32 Å². The first kappa shape index (κ1) is 10.6. The third kappa shape index (κ3) is 1.77. The first-order valence-electron chi connectivity index (χ1n) is 5.08. The van der Waals surface area contributed by atoms with Crippen LogP contribution in [0.25, 0.3) is 11.4 Å². The summed E-state index contributed by atoms with van der Waals surface area (Å²) in [7, 11) is 3.52. The maximum absolute atomic E-state index is 11.8. The molecule has 0 atom stereocenters. The topological polar surface area (TPSA) is 62.7 Å². The van der Waals surface area contributed by atoms with E-state index in [0.29, 0.717) is 12.1 Å². The van der Waals surface area contributed by atoms with E-state index in [-0.39, 0.29) is 5.56 Å². The summed E-state index contributed by atoms with van der Waals surface area (Å²) in [5.41, 5.74) is 2.26. The summed E-state index contributed by atoms with van der Waals surface area (Å²) in [4.78, 5) is 16.1. The number of aromatic amines is 1. The van der Waals surface area contributed by atoms with Crippen LogP contribution >= 0.6 is 0 Å². The highest BCUT2D eigenvalue weighted by molar-refractivity contribution is 5.57. The second-order valence-electron chi connectivity index (χ2n) is 3.57. The van der Waals surface area contributed by atoms with Gasteiger partial charge in [0.15, 0.2) is 0 Å². The number of H-pyrrole nitrogens is 1. The van der Waals surface area contributed by atoms with E-state index in [1.54, 1.807) is 13.2 Å². The molecule has 0 amide bonds. The molecular weight excluding hydrogens is 204 g/mol. The second kappa shape index (κ2) is 4.32. The zero-order chi connectivity index (χ0) is 11.5. The zero-order valence-electron chi connectivity index (χ0n) is 9.32. The molecule has 0 radical (unpaired) electrons. The van der Waals surface area contributed by atoms with Gasteiger partial charge in [0.05, 0.1) is 17.0 Å². The lowest BCUT2D eigenvalue weighted by atomic mass is 10.2. The van der Waals surface area contributed by atoms with Crippen molar-refractivity contribution in [2.24, 2.45) is 7.05 Å². The number of hydrogen-bond donors (Lipinski definition) is 2. The van der Waals surface area contributed by atoms with Crippen LogP contribution in [-0.4, -0.2) is 21.8 Å². The quantitative estimate of drug-likeness (QED) is 0.788. The molecule has 16 heavy (non-hydrogen) atoms. The highest BCUT2D eigenvalue weighted by atomic mass is 16.1. The number of aryl methyl sites for hydroxylation is 1. The van der Waals surface area contributed by atoms with E-state index in [9.17, 15) is 4.79 Å². The minimum absolute atomic E-state index is 0.0185. The number of hydrogen-bond acceptors (Lipinski definition) is 3. The molecule has 0 spiro atoms. The fourth-order valence-corrected chi connectivity index (χ4v) is 1.66. The van der Waals surface area contributed by atoms with Gasteiger partial charge in [-0.05, 0) is 19.2 Å². The molecule has 2 heterocycles. The van der Waals surface area contributed by atoms with E-state index in [2.05, 4.69) is 15.4 Å². The van der Waals surface area contributed by atoms with Crippen LogP contribution in [0.4, 0.5) is 0 Å². The van der Waals surface area contributed by atoms with E-state index in [1.807, 2.05) is 25.2 Å². The molecule has 84 valence electrons. The van der Waals surface area contributed by atoms with Crippen LogP contribution in [0.15, 0.2) is 29.2 Å². The van der Waals surface area contributed by atoms with E-state index in [0.717, 1.165) is 11.4 Å². The standard InChI is InChI=1S/C11H14N4O/c1-12-7-8-10(14-15(2)11(8)16)9-5-3-4-6-13-9/h3-6,12,14H,7H2,1-2H3. The highest BCUT2D eigenvalue weighted by Crippen LogP contribution is 2.15. The predicted molar refractivity (Wildman–Crippen MR) is 62.0 cm³/mol. The summed E-state index contributed by atoms with van der Waals surface area (Å²) < 4.78 is 1.47. The van der Waals surface area contributed by atoms with E-state index in [4.69, 9.17) is 0 Å². The Morgan fingerprint density at radius 3 is 2.94 bits per heavy atom. The molecule has 0 aliphatic heterocycles. The molecule has 0 bridgehead atoms. The molecular formula is C11H14N4O. The van der Waals surface area contributed by atoms with Crippen LogP contribution in [0.5, 0.6) is 0 Å². The normalized spacial score (nSPS) is 10.6. The van der Waals surface area contributed by atoms with Crippen LogP contribution in [0.3, 0.4) is 0 Å². The van der Waals surface area contributed by atoms with Crippen LogP contribution < -0.4 is 10.9 Å². The van der Waals surface area contributed by atoms with Gasteiger partial charge in [-0.2, -0.15) is 0 Å². The van der Waals surface area contributed by atoms with Crippen molar-refractivity contribution in [3.63, 3.8) is 0 Å². The van der Waals surface area contributed by atoms with Gasteiger partial charge in [-0.25, -0.2) is 0 Å². The molecule has 5 nitrogen and oxygen atoms in total. The predicted octanol–water partition coefficient (Wildman–Crippen LogP) is 0.495. The Morgan fingerprint density at radius 1 is 1.50 bits per heavy atom. The lowest BCUT2D eigenvalue weighted by Crippen LogP contribution is -2.19. The number of rotatable bonds is 3. The Morgan fingerprint density at radius 2 is 2.31 bits per heavy atom. The van der Waals surface area contributed by atoms with Crippen LogP contribution in [-0.2, 0) is 13.6 Å². The van der Waals surface area contributed by atoms with Crippen LogP contribution in [0.2, 0.25) is 0 Å². The summed E-state index contributed by atoms with van der Waals surface area (Å²) in [6.45, 7) is 0.530. The van der Waals surface area contributed by atoms with Crippen molar-refractivity contribution in [3.8, 4) is 11.4 Å². The third-order valence-electron chi connectivity index (χ3n) is 2.42. The number of pyridine rings is 1. The minimum Gasteiger partial charge on any atom is -0.315 e. The van der Waals surface area contributed by atoms with E-state index >= 15 is 0 Å². The summed E-state index contributed by atoms with van der Waals surface area (Å²) in [6.07, 6.45) is 1.71. The lowest BCUT2D eigenvalue weighted by Gasteiger charge is -2.00. The number of nitrogens with one attached hydrogen (secondary N) is 2. The molecule has 0 saturated carbocycles. The fourth-order valence-electron chi connectivity index (χ4n) is 1.66. The van der Waals surface area contributed by atoms with Crippen molar-refractivity contribution in [2.45, 2.75) is 6.54 Å². The number of nitrogens with zero attached hydrogens (tertiary/aromatic N) is 2. The largest absolute Gasteiger partial charge is 0.315 e. The van der Waals surface area contributed by atoms with Gasteiger partial charge in [-0.15, -0.1) is 0 Å². The fraction of sp³-hybridized carbons (Fsp3) is 0.273. The van der Waals surface area contributed by atoms with Gasteiger partial charge in [-0.1, -0.05) is 6.07 Å². The molecule has 5 heteroatoms. The van der Waals surface area contributed by atoms with Gasteiger partial charge in [0, 0.05) is 19.8 Å². The van der Waals surface area contributed by atoms with Gasteiger partial charge >= 0.3 is 0 Å². The van der Waals surface area contributed by atoms with Gasteiger partial charge in [0.1, 0.15) is 0 Å². The van der Waals surface area contributed by atoms with Gasteiger partial charge in [-0.3, -0.25) is 19.6 Å². The zero-order valence-corrected chi connectivity index (χ0v) is 9.32. The average molecular weight is 218 g/mol. The Balaban J connectivity index is 2.57. The summed E-state index contributed by atoms with van der Waals surface area (Å²) in [6, 6.07) is 5.63. The molecule has 2 rings (SSSR count). The molecule has 2 aromatic heterocycles. The average Bonchev–Trinajstić information content (AvgIpc) is 2.59. The van der Waals surface area contributed by atoms with Crippen molar-refractivity contribution in [1.29, 1.82) is 0 Å². The second-order valence-corrected chi connectivity index (χ2v) is 3.57. The number of aromatic nitrogens is 3. The highest BCUT2D eigenvalue weighted by Gasteiger charge is 2.13. The Hall–Kier alpha value is -1.88. The summed E-state index contributed by atoms with van der Waals surface area (Å²) in [5, 5.41) is 6.00. The molecule has 2 N–H and O–H groups in total. The van der Waals surface area contributed by atoms with Crippen LogP contribution in [0.1, 0.15) is 5.56 Å². The third-order valence-corrected chi connectivity index (χ3v) is 2.42. The van der Waals surface area contributed by atoms with E-state index < -0.39 is 0 Å². The summed E-state index contributed by atoms with van der Waals surface area (Å²) >= 11 is 0. The molecule has 0 aromatic carbocycles. The molecule has 0 aliphatic rings. The van der Waals surface area contributed by atoms with Crippen molar-refractivity contribution in [1.82, 2.24) is 20.1 Å². The Labute approximate surface area is 93.1 Å². The maximum atomic E-state index is 11.8. The van der Waals surface area contributed by atoms with E-state index in [1.165, 1.54) is 4.68 Å². The van der Waals surface area contributed by atoms with Crippen LogP contribution in [0, 0.1) is 0 Å². The Kier molecular flexibility index (Phi) is 2.87. The molecule has 0 saturated heterocycles. The molecule has 0 aliphatic carbocycles. The van der Waals surface area contributed by atoms with Gasteiger partial charge in [0.25, 0.3) is 5.56 Å². The summed E-state index contributed by atoms with van der Waals surface area (Å²) in [5.74, 6) is 0. The first-order valence-corrected chi connectivity index (χ1v) is 5.08. The van der Waals surface area contributed by atoms with Crippen molar-refractivity contribution >= 4 is 0 Å². The molecule has 0 fully saturated rings. The monoisotopic (exact) mass is 218 g/mol. The maximum Gasteiger partial charge on any atom is 0.271 e. The molecule has 0 unspecified atom stereocenters. The Bertz CT molecular complexity index is 527. The SMILES string of the molecule is CNCc1c(-c2ccccn2)[nH]n(C)c1=O. The van der Waals surface area contributed by atoms with Crippen molar-refractivity contribution in [3.05, 3.63) is 40.3 Å².